The molecule has 0 bridgehead atoms. The minimum atomic E-state index is -0.541. The molecule has 22 heavy (non-hydrogen) atoms. The van der Waals surface area contributed by atoms with Crippen LogP contribution in [0.4, 0.5) is 5.69 Å². The fraction of sp³-hybridized carbons (Fsp3) is 0.118. The third-order valence-electron chi connectivity index (χ3n) is 3.56. The number of carbonyl (C=O) groups is 1. The lowest BCUT2D eigenvalue weighted by Crippen LogP contribution is -2.06. The third kappa shape index (κ3) is 2.16. The SMILES string of the molecule is CCc1oc2ccccc2c1C(=O)c1ccccc1[N+](=O)[O-]. The van der Waals surface area contributed by atoms with E-state index < -0.39 is 4.92 Å². The number of hydrogen-bond acceptors (Lipinski definition) is 4. The number of nitrogens with zero attached hydrogens (tertiary/aromatic N) is 1. The molecule has 3 rings (SSSR count). The summed E-state index contributed by atoms with van der Waals surface area (Å²) in [7, 11) is 0. The van der Waals surface area contributed by atoms with Crippen molar-refractivity contribution in [2.45, 2.75) is 13.3 Å². The van der Waals surface area contributed by atoms with E-state index in [2.05, 4.69) is 0 Å². The van der Waals surface area contributed by atoms with Crippen molar-refractivity contribution in [1.29, 1.82) is 0 Å². The van der Waals surface area contributed by atoms with Crippen molar-refractivity contribution in [3.63, 3.8) is 0 Å². The molecule has 0 amide bonds. The van der Waals surface area contributed by atoms with E-state index in [0.717, 1.165) is 0 Å². The first-order valence-electron chi connectivity index (χ1n) is 6.92. The number of ketones is 1. The van der Waals surface area contributed by atoms with Gasteiger partial charge in [-0.1, -0.05) is 37.3 Å². The molecule has 5 heteroatoms. The van der Waals surface area contributed by atoms with Crippen LogP contribution in [0.15, 0.2) is 52.9 Å². The summed E-state index contributed by atoms with van der Waals surface area (Å²) in [6.45, 7) is 1.88. The van der Waals surface area contributed by atoms with Crippen LogP contribution in [0.3, 0.4) is 0 Å². The van der Waals surface area contributed by atoms with Gasteiger partial charge in [-0.25, -0.2) is 0 Å². The van der Waals surface area contributed by atoms with Crippen molar-refractivity contribution in [1.82, 2.24) is 0 Å². The summed E-state index contributed by atoms with van der Waals surface area (Å²) in [6.07, 6.45) is 0.538. The van der Waals surface area contributed by atoms with E-state index in [1.807, 2.05) is 19.1 Å². The maximum absolute atomic E-state index is 12.9. The van der Waals surface area contributed by atoms with Crippen molar-refractivity contribution in [3.8, 4) is 0 Å². The average Bonchev–Trinajstić information content (AvgIpc) is 2.92. The van der Waals surface area contributed by atoms with Crippen molar-refractivity contribution in [2.75, 3.05) is 0 Å². The lowest BCUT2D eigenvalue weighted by molar-refractivity contribution is -0.385. The Morgan fingerprint density at radius 2 is 1.82 bits per heavy atom. The van der Waals surface area contributed by atoms with Gasteiger partial charge in [0.15, 0.2) is 0 Å². The van der Waals surface area contributed by atoms with Gasteiger partial charge >= 0.3 is 0 Å². The monoisotopic (exact) mass is 295 g/mol. The van der Waals surface area contributed by atoms with Crippen LogP contribution < -0.4 is 0 Å². The molecule has 3 aromatic rings. The summed E-state index contributed by atoms with van der Waals surface area (Å²) in [6, 6.07) is 13.2. The van der Waals surface area contributed by atoms with Gasteiger partial charge in [0.25, 0.3) is 5.69 Å². The highest BCUT2D eigenvalue weighted by Gasteiger charge is 2.26. The largest absolute Gasteiger partial charge is 0.460 e. The van der Waals surface area contributed by atoms with Gasteiger partial charge in [0, 0.05) is 17.9 Å². The summed E-state index contributed by atoms with van der Waals surface area (Å²) < 4.78 is 5.70. The highest BCUT2D eigenvalue weighted by atomic mass is 16.6. The number of nitro benzene ring substituents is 1. The highest BCUT2D eigenvalue weighted by Crippen LogP contribution is 2.30. The number of benzene rings is 2. The molecule has 0 saturated carbocycles. The van der Waals surface area contributed by atoms with E-state index in [9.17, 15) is 14.9 Å². The number of para-hydroxylation sites is 2. The molecule has 0 saturated heterocycles. The molecule has 110 valence electrons. The summed E-state index contributed by atoms with van der Waals surface area (Å²) in [5.74, 6) is 0.165. The minimum absolute atomic E-state index is 0.0775. The molecule has 0 fully saturated rings. The zero-order valence-corrected chi connectivity index (χ0v) is 11.9. The van der Waals surface area contributed by atoms with Crippen molar-refractivity contribution >= 4 is 22.4 Å². The third-order valence-corrected chi connectivity index (χ3v) is 3.56. The van der Waals surface area contributed by atoms with Gasteiger partial charge in [-0.3, -0.25) is 14.9 Å². The predicted octanol–water partition coefficient (Wildman–Crippen LogP) is 4.13. The second-order valence-electron chi connectivity index (χ2n) is 4.85. The fourth-order valence-electron chi connectivity index (χ4n) is 2.55. The normalized spacial score (nSPS) is 10.8. The first-order valence-corrected chi connectivity index (χ1v) is 6.92. The molecule has 1 aromatic heterocycles. The van der Waals surface area contributed by atoms with Crippen molar-refractivity contribution in [2.24, 2.45) is 0 Å². The van der Waals surface area contributed by atoms with Crippen molar-refractivity contribution in [3.05, 3.63) is 75.5 Å². The molecule has 0 radical (unpaired) electrons. The Morgan fingerprint density at radius 1 is 1.14 bits per heavy atom. The highest BCUT2D eigenvalue weighted by molar-refractivity contribution is 6.18. The van der Waals surface area contributed by atoms with E-state index in [1.165, 1.54) is 12.1 Å². The number of fused-ring (bicyclic) bond motifs is 1. The Kier molecular flexibility index (Phi) is 3.47. The zero-order chi connectivity index (χ0) is 15.7. The van der Waals surface area contributed by atoms with E-state index in [1.54, 1.807) is 24.3 Å². The van der Waals surface area contributed by atoms with E-state index in [0.29, 0.717) is 28.7 Å². The van der Waals surface area contributed by atoms with Crippen LogP contribution in [-0.4, -0.2) is 10.7 Å². The Morgan fingerprint density at radius 3 is 2.55 bits per heavy atom. The molecule has 0 N–H and O–H groups in total. The molecule has 0 aliphatic carbocycles. The van der Waals surface area contributed by atoms with Crippen LogP contribution in [0.2, 0.25) is 0 Å². The number of furan rings is 1. The van der Waals surface area contributed by atoms with E-state index in [-0.39, 0.29) is 17.0 Å². The van der Waals surface area contributed by atoms with Gasteiger partial charge < -0.3 is 4.42 Å². The topological polar surface area (TPSA) is 73.3 Å². The molecule has 2 aromatic carbocycles. The minimum Gasteiger partial charge on any atom is -0.460 e. The molecular weight excluding hydrogens is 282 g/mol. The van der Waals surface area contributed by atoms with Crippen LogP contribution in [0.5, 0.6) is 0 Å². The second kappa shape index (κ2) is 5.44. The van der Waals surface area contributed by atoms with Crippen LogP contribution in [0, 0.1) is 10.1 Å². The lowest BCUT2D eigenvalue weighted by atomic mass is 9.98. The molecule has 0 aliphatic heterocycles. The zero-order valence-electron chi connectivity index (χ0n) is 11.9. The predicted molar refractivity (Wildman–Crippen MR) is 82.1 cm³/mol. The van der Waals surface area contributed by atoms with Gasteiger partial charge in [0.05, 0.1) is 10.5 Å². The maximum atomic E-state index is 12.9. The number of rotatable bonds is 4. The standard InChI is InChI=1S/C17H13NO4/c1-2-14-16(12-8-4-6-10-15(12)22-14)17(19)11-7-3-5-9-13(11)18(20)21/h3-10H,2H2,1H3. The molecule has 0 atom stereocenters. The smallest absolute Gasteiger partial charge is 0.280 e. The fourth-order valence-corrected chi connectivity index (χ4v) is 2.55. The number of aryl methyl sites for hydroxylation is 1. The molecule has 1 heterocycles. The average molecular weight is 295 g/mol. The van der Waals surface area contributed by atoms with Gasteiger partial charge in [-0.15, -0.1) is 0 Å². The molecule has 0 spiro atoms. The summed E-state index contributed by atoms with van der Waals surface area (Å²) in [5, 5.41) is 11.8. The van der Waals surface area contributed by atoms with Gasteiger partial charge in [-0.2, -0.15) is 0 Å². The van der Waals surface area contributed by atoms with E-state index in [4.69, 9.17) is 4.42 Å². The number of nitro groups is 1. The van der Waals surface area contributed by atoms with Gasteiger partial charge in [0.2, 0.25) is 5.78 Å². The first-order chi connectivity index (χ1) is 10.6. The Balaban J connectivity index is 2.24. The molecule has 0 unspecified atom stereocenters. The van der Waals surface area contributed by atoms with Crippen LogP contribution in [0.1, 0.15) is 28.6 Å². The molecule has 5 nitrogen and oxygen atoms in total. The van der Waals surface area contributed by atoms with Crippen LogP contribution >= 0.6 is 0 Å². The molecular formula is C17H13NO4. The van der Waals surface area contributed by atoms with Gasteiger partial charge in [-0.05, 0) is 12.1 Å². The summed E-state index contributed by atoms with van der Waals surface area (Å²) >= 11 is 0. The molecule has 0 aliphatic rings. The van der Waals surface area contributed by atoms with Crippen molar-refractivity contribution < 1.29 is 14.1 Å². The van der Waals surface area contributed by atoms with Crippen LogP contribution in [0.25, 0.3) is 11.0 Å². The Labute approximate surface area is 126 Å². The van der Waals surface area contributed by atoms with Crippen LogP contribution in [-0.2, 0) is 6.42 Å². The Bertz CT molecular complexity index is 879. The Hall–Kier alpha value is -2.95. The summed E-state index contributed by atoms with van der Waals surface area (Å²) in [5.41, 5.74) is 0.905. The quantitative estimate of drug-likeness (QED) is 0.412. The van der Waals surface area contributed by atoms with E-state index >= 15 is 0 Å². The second-order valence-corrected chi connectivity index (χ2v) is 4.85. The lowest BCUT2D eigenvalue weighted by Gasteiger charge is -2.02. The maximum Gasteiger partial charge on any atom is 0.280 e. The number of hydrogen-bond donors (Lipinski definition) is 0. The summed E-state index contributed by atoms with van der Waals surface area (Å²) in [4.78, 5) is 23.5. The van der Waals surface area contributed by atoms with Gasteiger partial charge in [0.1, 0.15) is 16.9 Å². The number of carbonyl (C=O) groups excluding carboxylic acids is 1. The first kappa shape index (κ1) is 14.0.